The molecule has 5 nitrogen and oxygen atoms in total. The molecule has 1 aromatic carbocycles. The number of rotatable bonds is 6. The Labute approximate surface area is 149 Å². The highest BCUT2D eigenvalue weighted by Crippen LogP contribution is 2.30. The van der Waals surface area contributed by atoms with E-state index in [1.807, 2.05) is 0 Å². The van der Waals surface area contributed by atoms with E-state index >= 15 is 0 Å². The Kier molecular flexibility index (Phi) is 5.95. The van der Waals surface area contributed by atoms with Crippen molar-refractivity contribution in [3.8, 4) is 18.1 Å². The molecule has 2 atom stereocenters. The molecule has 134 valence electrons. The zero-order chi connectivity index (χ0) is 17.6. The zero-order valence-corrected chi connectivity index (χ0v) is 14.5. The summed E-state index contributed by atoms with van der Waals surface area (Å²) < 4.78 is 5.32. The molecule has 1 aliphatic carbocycles. The number of aliphatic hydroxyl groups excluding tert-OH is 1. The summed E-state index contributed by atoms with van der Waals surface area (Å²) in [5, 5.41) is 13.4. The molecule has 2 fully saturated rings. The number of carbonyl (C=O) groups is 1. The van der Waals surface area contributed by atoms with Gasteiger partial charge in [0.1, 0.15) is 12.4 Å². The van der Waals surface area contributed by atoms with E-state index in [0.29, 0.717) is 17.9 Å². The van der Waals surface area contributed by atoms with Crippen LogP contribution in [0.1, 0.15) is 36.0 Å². The van der Waals surface area contributed by atoms with Crippen molar-refractivity contribution in [1.29, 1.82) is 0 Å². The van der Waals surface area contributed by atoms with E-state index in [9.17, 15) is 9.90 Å². The van der Waals surface area contributed by atoms with Crippen LogP contribution in [0, 0.1) is 18.3 Å². The highest BCUT2D eigenvalue weighted by Gasteiger charge is 2.30. The van der Waals surface area contributed by atoms with Crippen LogP contribution < -0.4 is 10.1 Å². The predicted molar refractivity (Wildman–Crippen MR) is 96.4 cm³/mol. The monoisotopic (exact) mass is 342 g/mol. The maximum absolute atomic E-state index is 12.5. The number of carbonyl (C=O) groups excluding carboxylic acids is 1. The summed E-state index contributed by atoms with van der Waals surface area (Å²) in [6.45, 7) is 3.00. The van der Waals surface area contributed by atoms with Gasteiger partial charge >= 0.3 is 0 Å². The number of amides is 1. The van der Waals surface area contributed by atoms with E-state index in [1.54, 1.807) is 24.3 Å². The lowest BCUT2D eigenvalue weighted by Crippen LogP contribution is -2.49. The van der Waals surface area contributed by atoms with Gasteiger partial charge in [0.15, 0.2) is 0 Å². The smallest absolute Gasteiger partial charge is 0.251 e. The summed E-state index contributed by atoms with van der Waals surface area (Å²) >= 11 is 0. The Bertz CT molecular complexity index is 619. The molecular weight excluding hydrogens is 316 g/mol. The van der Waals surface area contributed by atoms with Gasteiger partial charge in [0.05, 0.1) is 12.1 Å². The summed E-state index contributed by atoms with van der Waals surface area (Å²) in [6, 6.07) is 6.66. The summed E-state index contributed by atoms with van der Waals surface area (Å²) in [5.74, 6) is 3.69. The highest BCUT2D eigenvalue weighted by atomic mass is 16.5. The molecule has 1 saturated heterocycles. The van der Waals surface area contributed by atoms with Gasteiger partial charge in [-0.25, -0.2) is 0 Å². The van der Waals surface area contributed by atoms with Crippen LogP contribution in [0.2, 0.25) is 0 Å². The van der Waals surface area contributed by atoms with Crippen molar-refractivity contribution in [2.75, 3.05) is 26.2 Å². The second kappa shape index (κ2) is 8.37. The minimum atomic E-state index is -0.494. The van der Waals surface area contributed by atoms with Gasteiger partial charge in [-0.1, -0.05) is 5.92 Å². The van der Waals surface area contributed by atoms with Crippen LogP contribution in [0.4, 0.5) is 0 Å². The molecule has 25 heavy (non-hydrogen) atoms. The SMILES string of the molecule is C#CCOc1ccc(C(=O)N[C@H]2CN(CC3CC3)CCC[C@H]2O)cc1. The maximum Gasteiger partial charge on any atom is 0.251 e. The molecule has 3 rings (SSSR count). The van der Waals surface area contributed by atoms with E-state index in [4.69, 9.17) is 11.2 Å². The molecule has 1 heterocycles. The minimum absolute atomic E-state index is 0.166. The molecule has 1 saturated carbocycles. The first-order valence-corrected chi connectivity index (χ1v) is 9.03. The Balaban J connectivity index is 1.58. The van der Waals surface area contributed by atoms with E-state index in [0.717, 1.165) is 31.8 Å². The van der Waals surface area contributed by atoms with E-state index < -0.39 is 6.10 Å². The zero-order valence-electron chi connectivity index (χ0n) is 14.5. The first-order valence-electron chi connectivity index (χ1n) is 9.03. The molecule has 0 aromatic heterocycles. The Morgan fingerprint density at radius 1 is 1.32 bits per heavy atom. The Hall–Kier alpha value is -2.03. The van der Waals surface area contributed by atoms with Gasteiger partial charge in [0.25, 0.3) is 5.91 Å². The second-order valence-corrected chi connectivity index (χ2v) is 7.01. The largest absolute Gasteiger partial charge is 0.481 e. The lowest BCUT2D eigenvalue weighted by Gasteiger charge is -2.27. The van der Waals surface area contributed by atoms with E-state index in [1.165, 1.54) is 12.8 Å². The third-order valence-electron chi connectivity index (χ3n) is 4.86. The fourth-order valence-electron chi connectivity index (χ4n) is 3.27. The van der Waals surface area contributed by atoms with Crippen molar-refractivity contribution < 1.29 is 14.6 Å². The van der Waals surface area contributed by atoms with Crippen LogP contribution in [0.25, 0.3) is 0 Å². The molecule has 0 bridgehead atoms. The lowest BCUT2D eigenvalue weighted by molar-refractivity contribution is 0.0799. The molecule has 2 aliphatic rings. The number of nitrogens with one attached hydrogen (secondary N) is 1. The average molecular weight is 342 g/mol. The van der Waals surface area contributed by atoms with Crippen LogP contribution in [0.15, 0.2) is 24.3 Å². The third-order valence-corrected chi connectivity index (χ3v) is 4.86. The van der Waals surface area contributed by atoms with Gasteiger partial charge in [-0.3, -0.25) is 4.79 Å². The molecule has 1 aromatic rings. The highest BCUT2D eigenvalue weighted by molar-refractivity contribution is 5.94. The first-order chi connectivity index (χ1) is 12.2. The fraction of sp³-hybridized carbons (Fsp3) is 0.550. The number of ether oxygens (including phenoxy) is 1. The van der Waals surface area contributed by atoms with Crippen LogP contribution in [-0.4, -0.2) is 54.3 Å². The third kappa shape index (κ3) is 5.22. The molecular formula is C20H26N2O3. The summed E-state index contributed by atoms with van der Waals surface area (Å²) in [5.41, 5.74) is 0.554. The van der Waals surface area contributed by atoms with Crippen molar-refractivity contribution in [3.05, 3.63) is 29.8 Å². The van der Waals surface area contributed by atoms with Crippen LogP contribution in [0.5, 0.6) is 5.75 Å². The van der Waals surface area contributed by atoms with E-state index in [-0.39, 0.29) is 18.6 Å². The minimum Gasteiger partial charge on any atom is -0.481 e. The molecule has 0 spiro atoms. The van der Waals surface area contributed by atoms with Gasteiger partial charge in [-0.05, 0) is 62.4 Å². The quantitative estimate of drug-likeness (QED) is 0.772. The van der Waals surface area contributed by atoms with Gasteiger partial charge < -0.3 is 20.1 Å². The predicted octanol–water partition coefficient (Wildman–Crippen LogP) is 1.66. The summed E-state index contributed by atoms with van der Waals surface area (Å²) in [6.07, 6.45) is 8.99. The topological polar surface area (TPSA) is 61.8 Å². The molecule has 0 unspecified atom stereocenters. The fourth-order valence-corrected chi connectivity index (χ4v) is 3.27. The standard InChI is InChI=1S/C20H26N2O3/c1-2-12-25-17-9-7-16(8-10-17)20(24)21-18-14-22(13-15-5-6-15)11-3-4-19(18)23/h1,7-10,15,18-19,23H,3-6,11-14H2,(H,21,24)/t18-,19+/m0/s1. The molecule has 0 radical (unpaired) electrons. The second-order valence-electron chi connectivity index (χ2n) is 7.01. The van der Waals surface area contributed by atoms with Gasteiger partial charge in [0, 0.05) is 18.7 Å². The van der Waals surface area contributed by atoms with Gasteiger partial charge in [0.2, 0.25) is 0 Å². The average Bonchev–Trinajstić information content (AvgIpc) is 3.44. The number of benzene rings is 1. The summed E-state index contributed by atoms with van der Waals surface area (Å²) in [4.78, 5) is 14.9. The van der Waals surface area contributed by atoms with E-state index in [2.05, 4.69) is 16.1 Å². The number of hydrogen-bond donors (Lipinski definition) is 2. The number of likely N-dealkylation sites (tertiary alicyclic amines) is 1. The van der Waals surface area contributed by atoms with Crippen LogP contribution in [0.3, 0.4) is 0 Å². The van der Waals surface area contributed by atoms with Crippen molar-refractivity contribution >= 4 is 5.91 Å². The van der Waals surface area contributed by atoms with Crippen LogP contribution >= 0.6 is 0 Å². The molecule has 5 heteroatoms. The molecule has 1 amide bonds. The lowest BCUT2D eigenvalue weighted by atomic mass is 10.1. The molecule has 1 aliphatic heterocycles. The van der Waals surface area contributed by atoms with Crippen molar-refractivity contribution in [2.45, 2.75) is 37.8 Å². The number of aliphatic hydroxyl groups is 1. The Morgan fingerprint density at radius 3 is 2.76 bits per heavy atom. The number of nitrogens with zero attached hydrogens (tertiary/aromatic N) is 1. The number of hydrogen-bond acceptors (Lipinski definition) is 4. The summed E-state index contributed by atoms with van der Waals surface area (Å²) in [7, 11) is 0. The Morgan fingerprint density at radius 2 is 2.08 bits per heavy atom. The van der Waals surface area contributed by atoms with Gasteiger partial charge in [-0.15, -0.1) is 6.42 Å². The van der Waals surface area contributed by atoms with Crippen LogP contribution in [-0.2, 0) is 0 Å². The number of terminal acetylenes is 1. The van der Waals surface area contributed by atoms with Crippen molar-refractivity contribution in [2.24, 2.45) is 5.92 Å². The maximum atomic E-state index is 12.5. The van der Waals surface area contributed by atoms with Crippen molar-refractivity contribution in [1.82, 2.24) is 10.2 Å². The first kappa shape index (κ1) is 17.8. The molecule has 2 N–H and O–H groups in total. The van der Waals surface area contributed by atoms with Crippen molar-refractivity contribution in [3.63, 3.8) is 0 Å². The van der Waals surface area contributed by atoms with Gasteiger partial charge in [-0.2, -0.15) is 0 Å². The normalized spacial score (nSPS) is 24.2.